The molecular formula is C7H12N2O2S2. The highest BCUT2D eigenvalue weighted by molar-refractivity contribution is 8.15. The molecule has 13 heavy (non-hydrogen) atoms. The third kappa shape index (κ3) is 1.46. The first-order chi connectivity index (χ1) is 6.03. The van der Waals surface area contributed by atoms with Crippen molar-refractivity contribution < 1.29 is 8.42 Å². The van der Waals surface area contributed by atoms with E-state index in [1.54, 1.807) is 0 Å². The molecule has 4 nitrogen and oxygen atoms in total. The van der Waals surface area contributed by atoms with Crippen LogP contribution in [0.3, 0.4) is 0 Å². The fraction of sp³-hybridized carbons (Fsp3) is 0.857. The molecule has 2 aliphatic heterocycles. The molecule has 2 unspecified atom stereocenters. The van der Waals surface area contributed by atoms with Crippen molar-refractivity contribution in [3.05, 3.63) is 0 Å². The Labute approximate surface area is 82.1 Å². The summed E-state index contributed by atoms with van der Waals surface area (Å²) in [5, 5.41) is 8.27. The van der Waals surface area contributed by atoms with E-state index in [2.05, 4.69) is 0 Å². The first-order valence-electron chi connectivity index (χ1n) is 4.26. The molecule has 0 aromatic rings. The smallest absolute Gasteiger partial charge is 0.157 e. The van der Waals surface area contributed by atoms with Crippen LogP contribution in [0.4, 0.5) is 0 Å². The van der Waals surface area contributed by atoms with E-state index in [1.165, 1.54) is 11.8 Å². The fourth-order valence-corrected chi connectivity index (χ4v) is 5.83. The van der Waals surface area contributed by atoms with E-state index in [4.69, 9.17) is 5.41 Å². The monoisotopic (exact) mass is 220 g/mol. The van der Waals surface area contributed by atoms with E-state index in [0.29, 0.717) is 5.17 Å². The highest BCUT2D eigenvalue weighted by Crippen LogP contribution is 2.36. The summed E-state index contributed by atoms with van der Waals surface area (Å²) in [7, 11) is -2.83. The maximum atomic E-state index is 11.3. The lowest BCUT2D eigenvalue weighted by molar-refractivity contribution is 0.373. The molecule has 0 amide bonds. The molecule has 2 saturated heterocycles. The van der Waals surface area contributed by atoms with Gasteiger partial charge >= 0.3 is 0 Å². The van der Waals surface area contributed by atoms with Gasteiger partial charge in [0.05, 0.1) is 17.5 Å². The van der Waals surface area contributed by atoms with Gasteiger partial charge in [0.15, 0.2) is 15.0 Å². The minimum Gasteiger partial charge on any atom is -0.347 e. The van der Waals surface area contributed by atoms with Crippen LogP contribution in [0.25, 0.3) is 0 Å². The van der Waals surface area contributed by atoms with Gasteiger partial charge in [-0.05, 0) is 6.92 Å². The lowest BCUT2D eigenvalue weighted by Crippen LogP contribution is -2.36. The first-order valence-corrected chi connectivity index (χ1v) is 6.96. The van der Waals surface area contributed by atoms with Crippen molar-refractivity contribution in [2.75, 3.05) is 18.1 Å². The van der Waals surface area contributed by atoms with Gasteiger partial charge in [0.25, 0.3) is 0 Å². The summed E-state index contributed by atoms with van der Waals surface area (Å²) in [6.45, 7) is 2.70. The van der Waals surface area contributed by atoms with Crippen LogP contribution in [-0.4, -0.2) is 47.8 Å². The van der Waals surface area contributed by atoms with Gasteiger partial charge in [-0.3, -0.25) is 5.41 Å². The fourth-order valence-electron chi connectivity index (χ4n) is 1.94. The zero-order valence-corrected chi connectivity index (χ0v) is 8.99. The average Bonchev–Trinajstić information content (AvgIpc) is 2.39. The average molecular weight is 220 g/mol. The number of fused-ring (bicyclic) bond motifs is 1. The van der Waals surface area contributed by atoms with Crippen molar-refractivity contribution >= 4 is 26.8 Å². The van der Waals surface area contributed by atoms with Crippen molar-refractivity contribution in [3.8, 4) is 0 Å². The molecular weight excluding hydrogens is 208 g/mol. The van der Waals surface area contributed by atoms with Crippen LogP contribution in [0.15, 0.2) is 0 Å². The van der Waals surface area contributed by atoms with Gasteiger partial charge in [-0.1, -0.05) is 11.8 Å². The lowest BCUT2D eigenvalue weighted by atomic mass is 10.2. The Hall–Kier alpha value is -0.230. The second kappa shape index (κ2) is 2.88. The lowest BCUT2D eigenvalue weighted by Gasteiger charge is -2.21. The Balaban J connectivity index is 2.24. The zero-order chi connectivity index (χ0) is 9.64. The van der Waals surface area contributed by atoms with Crippen LogP contribution >= 0.6 is 11.8 Å². The molecule has 0 bridgehead atoms. The van der Waals surface area contributed by atoms with Crippen LogP contribution < -0.4 is 0 Å². The Morgan fingerprint density at radius 2 is 2.31 bits per heavy atom. The van der Waals surface area contributed by atoms with E-state index in [-0.39, 0.29) is 22.8 Å². The van der Waals surface area contributed by atoms with Gasteiger partial charge in [-0.15, -0.1) is 0 Å². The highest BCUT2D eigenvalue weighted by Gasteiger charge is 2.47. The molecule has 2 rings (SSSR count). The number of nitrogens with one attached hydrogen (secondary N) is 1. The Bertz CT molecular complexity index is 338. The molecule has 0 aromatic carbocycles. The molecule has 2 fully saturated rings. The number of sulfone groups is 1. The summed E-state index contributed by atoms with van der Waals surface area (Å²) in [6, 6.07) is 0.0625. The van der Waals surface area contributed by atoms with Crippen LogP contribution in [0, 0.1) is 5.41 Å². The molecule has 2 aliphatic rings. The Morgan fingerprint density at radius 1 is 1.62 bits per heavy atom. The molecule has 0 radical (unpaired) electrons. The number of amidine groups is 1. The molecule has 2 heterocycles. The van der Waals surface area contributed by atoms with Crippen molar-refractivity contribution in [1.82, 2.24) is 4.90 Å². The van der Waals surface area contributed by atoms with Gasteiger partial charge in [-0.25, -0.2) is 8.42 Å². The molecule has 6 heteroatoms. The van der Waals surface area contributed by atoms with Crippen LogP contribution in [0.5, 0.6) is 0 Å². The SMILES string of the molecule is CCN1C(=N)SC2CS(=O)(=O)CC21. The zero-order valence-electron chi connectivity index (χ0n) is 7.36. The van der Waals surface area contributed by atoms with E-state index in [1.807, 2.05) is 11.8 Å². The second-order valence-electron chi connectivity index (χ2n) is 3.39. The predicted octanol–water partition coefficient (Wildman–Crippen LogP) is 0.155. The second-order valence-corrected chi connectivity index (χ2v) is 6.77. The first kappa shape index (κ1) is 9.33. The molecule has 1 N–H and O–H groups in total. The number of hydrogen-bond donors (Lipinski definition) is 1. The quantitative estimate of drug-likeness (QED) is 0.683. The van der Waals surface area contributed by atoms with Crippen molar-refractivity contribution in [2.24, 2.45) is 0 Å². The van der Waals surface area contributed by atoms with Crippen LogP contribution in [0.2, 0.25) is 0 Å². The van der Waals surface area contributed by atoms with Crippen LogP contribution in [-0.2, 0) is 9.84 Å². The normalized spacial score (nSPS) is 36.7. The Morgan fingerprint density at radius 3 is 2.92 bits per heavy atom. The minimum atomic E-state index is -2.83. The van der Waals surface area contributed by atoms with E-state index >= 15 is 0 Å². The number of nitrogens with zero attached hydrogens (tertiary/aromatic N) is 1. The largest absolute Gasteiger partial charge is 0.347 e. The number of rotatable bonds is 1. The maximum Gasteiger partial charge on any atom is 0.157 e. The summed E-state index contributed by atoms with van der Waals surface area (Å²) < 4.78 is 22.6. The van der Waals surface area contributed by atoms with Gasteiger partial charge < -0.3 is 4.90 Å². The number of hydrogen-bond acceptors (Lipinski definition) is 4. The molecule has 0 saturated carbocycles. The predicted molar refractivity (Wildman–Crippen MR) is 53.9 cm³/mol. The third-order valence-electron chi connectivity index (χ3n) is 2.54. The summed E-state index contributed by atoms with van der Waals surface area (Å²) in [5.74, 6) is 0.488. The summed E-state index contributed by atoms with van der Waals surface area (Å²) in [5.41, 5.74) is 0. The van der Waals surface area contributed by atoms with Crippen molar-refractivity contribution in [2.45, 2.75) is 18.2 Å². The van der Waals surface area contributed by atoms with Gasteiger partial charge in [0.1, 0.15) is 0 Å². The number of thioether (sulfide) groups is 1. The maximum absolute atomic E-state index is 11.3. The van der Waals surface area contributed by atoms with Gasteiger partial charge in [0, 0.05) is 11.8 Å². The molecule has 0 aromatic heterocycles. The van der Waals surface area contributed by atoms with Gasteiger partial charge in [0.2, 0.25) is 0 Å². The van der Waals surface area contributed by atoms with E-state index in [9.17, 15) is 8.42 Å². The van der Waals surface area contributed by atoms with E-state index in [0.717, 1.165) is 6.54 Å². The van der Waals surface area contributed by atoms with Crippen molar-refractivity contribution in [3.63, 3.8) is 0 Å². The standard InChI is InChI=1S/C7H12N2O2S2/c1-2-9-5-3-13(10,11)4-6(5)12-7(9)8/h5-6,8H,2-4H2,1H3. The Kier molecular flexibility index (Phi) is 2.07. The summed E-state index contributed by atoms with van der Waals surface area (Å²) in [4.78, 5) is 1.89. The molecule has 0 aliphatic carbocycles. The summed E-state index contributed by atoms with van der Waals surface area (Å²) in [6.07, 6.45) is 0. The third-order valence-corrected chi connectivity index (χ3v) is 5.71. The molecule has 74 valence electrons. The van der Waals surface area contributed by atoms with Gasteiger partial charge in [-0.2, -0.15) is 0 Å². The van der Waals surface area contributed by atoms with Crippen molar-refractivity contribution in [1.29, 1.82) is 5.41 Å². The van der Waals surface area contributed by atoms with E-state index < -0.39 is 9.84 Å². The van der Waals surface area contributed by atoms with Crippen LogP contribution in [0.1, 0.15) is 6.92 Å². The topological polar surface area (TPSA) is 61.2 Å². The molecule has 0 spiro atoms. The minimum absolute atomic E-state index is 0.0625. The molecule has 2 atom stereocenters. The highest BCUT2D eigenvalue weighted by atomic mass is 32.2. The summed E-state index contributed by atoms with van der Waals surface area (Å²) >= 11 is 1.40.